The number of carbonyl (C=O) groups excluding carboxylic acids is 3. The summed E-state index contributed by atoms with van der Waals surface area (Å²) < 4.78 is 100. The summed E-state index contributed by atoms with van der Waals surface area (Å²) in [7, 11) is 2.40. The van der Waals surface area contributed by atoms with Crippen molar-refractivity contribution in [2.45, 2.75) is 44.5 Å². The Morgan fingerprint density at radius 2 is 1.51 bits per heavy atom. The number of carbonyl (C=O) groups is 3. The van der Waals surface area contributed by atoms with Crippen molar-refractivity contribution in [3.63, 3.8) is 0 Å². The molecule has 2 aromatic carbocycles. The number of halogens is 7. The molecule has 3 aromatic rings. The predicted octanol–water partition coefficient (Wildman–Crippen LogP) is 6.18. The molecule has 4 rings (SSSR count). The number of pyridine rings is 1. The topological polar surface area (TPSA) is 88.6 Å². The number of alkyl halides is 6. The highest BCUT2D eigenvalue weighted by molar-refractivity contribution is 6.03. The summed E-state index contributed by atoms with van der Waals surface area (Å²) in [6, 6.07) is 6.31. The van der Waals surface area contributed by atoms with E-state index >= 15 is 0 Å². The summed E-state index contributed by atoms with van der Waals surface area (Å²) >= 11 is 0. The average Bonchev–Trinajstić information content (AvgIpc) is 3.35. The third-order valence-electron chi connectivity index (χ3n) is 7.91. The molecule has 0 bridgehead atoms. The standard InChI is InChI=1S/C31H28F7N3O4/c1-15-8-19(32)6-7-20(15)21-12-23(22-13-40-26(42)25(22)27(43)45-5)39-14-24(21)41(4)28(44)29(2,3)16-9-17(30(33,34)35)11-18(10-16)31(36,37)38/h6-12,14,22,25H,13H2,1-5H3,(H,40,42). The zero-order chi connectivity index (χ0) is 33.6. The number of hydrogen-bond acceptors (Lipinski definition) is 5. The predicted molar refractivity (Wildman–Crippen MR) is 149 cm³/mol. The SMILES string of the molecule is COC(=O)C1C(=O)NCC1c1cc(-c2ccc(F)cc2C)c(N(C)C(=O)C(C)(C)c2cc(C(F)(F)F)cc(C(F)(F)F)c2)cn1. The number of rotatable bonds is 6. The van der Waals surface area contributed by atoms with E-state index < -0.39 is 69.9 Å². The number of esters is 1. The number of ether oxygens (including phenoxy) is 1. The molecule has 0 aliphatic carbocycles. The summed E-state index contributed by atoms with van der Waals surface area (Å²) in [6.07, 6.45) is -8.99. The molecule has 0 saturated carbocycles. The Labute approximate surface area is 253 Å². The number of anilines is 1. The number of aryl methyl sites for hydroxylation is 1. The second-order valence-corrected chi connectivity index (χ2v) is 11.2. The monoisotopic (exact) mass is 639 g/mol. The lowest BCUT2D eigenvalue weighted by molar-refractivity contribution is -0.149. The molecule has 2 unspecified atom stereocenters. The fourth-order valence-electron chi connectivity index (χ4n) is 5.34. The molecule has 240 valence electrons. The molecule has 1 saturated heterocycles. The summed E-state index contributed by atoms with van der Waals surface area (Å²) in [4.78, 5) is 44.2. The molecule has 1 aliphatic rings. The third kappa shape index (κ3) is 6.50. The minimum atomic E-state index is -5.12. The van der Waals surface area contributed by atoms with Crippen LogP contribution in [0.2, 0.25) is 0 Å². The van der Waals surface area contributed by atoms with Gasteiger partial charge in [0.1, 0.15) is 11.7 Å². The summed E-state index contributed by atoms with van der Waals surface area (Å²) in [6.45, 7) is 4.02. The fourth-order valence-corrected chi connectivity index (χ4v) is 5.34. The van der Waals surface area contributed by atoms with Gasteiger partial charge in [0.15, 0.2) is 0 Å². The molecule has 45 heavy (non-hydrogen) atoms. The van der Waals surface area contributed by atoms with Gasteiger partial charge in [0.05, 0.1) is 35.5 Å². The van der Waals surface area contributed by atoms with Crippen molar-refractivity contribution in [2.24, 2.45) is 5.92 Å². The molecule has 14 heteroatoms. The molecular formula is C31H28F7N3O4. The van der Waals surface area contributed by atoms with Gasteiger partial charge in [-0.05, 0) is 73.9 Å². The second kappa shape index (κ2) is 11.8. The van der Waals surface area contributed by atoms with Crippen molar-refractivity contribution in [1.82, 2.24) is 10.3 Å². The number of benzene rings is 2. The highest BCUT2D eigenvalue weighted by Gasteiger charge is 2.44. The lowest BCUT2D eigenvalue weighted by Gasteiger charge is -2.32. The Kier molecular flexibility index (Phi) is 8.75. The van der Waals surface area contributed by atoms with Gasteiger partial charge in [0.25, 0.3) is 0 Å². The van der Waals surface area contributed by atoms with Crippen molar-refractivity contribution in [3.8, 4) is 11.1 Å². The van der Waals surface area contributed by atoms with Gasteiger partial charge in [0, 0.05) is 30.8 Å². The molecule has 1 fully saturated rings. The number of hydrogen-bond donors (Lipinski definition) is 1. The highest BCUT2D eigenvalue weighted by Crippen LogP contribution is 2.42. The molecule has 0 radical (unpaired) electrons. The van der Waals surface area contributed by atoms with Crippen LogP contribution >= 0.6 is 0 Å². The number of amides is 2. The first-order valence-electron chi connectivity index (χ1n) is 13.5. The molecule has 7 nitrogen and oxygen atoms in total. The van der Waals surface area contributed by atoms with Crippen molar-refractivity contribution in [3.05, 3.63) is 82.4 Å². The van der Waals surface area contributed by atoms with Crippen LogP contribution in [0.4, 0.5) is 36.4 Å². The third-order valence-corrected chi connectivity index (χ3v) is 7.91. The van der Waals surface area contributed by atoms with E-state index in [0.717, 1.165) is 18.1 Å². The van der Waals surface area contributed by atoms with Crippen LogP contribution in [0, 0.1) is 18.7 Å². The lowest BCUT2D eigenvalue weighted by Crippen LogP contribution is -2.42. The first-order chi connectivity index (χ1) is 20.8. The highest BCUT2D eigenvalue weighted by atomic mass is 19.4. The van der Waals surface area contributed by atoms with E-state index in [2.05, 4.69) is 10.3 Å². The maximum atomic E-state index is 14.0. The fraction of sp³-hybridized carbons (Fsp3) is 0.355. The van der Waals surface area contributed by atoms with E-state index in [1.165, 1.54) is 45.3 Å². The van der Waals surface area contributed by atoms with Crippen molar-refractivity contribution in [2.75, 3.05) is 25.6 Å². The number of aromatic nitrogens is 1. The Hall–Kier alpha value is -4.49. The number of likely N-dealkylation sites (N-methyl/N-ethyl adjacent to an activating group) is 1. The Bertz CT molecular complexity index is 1640. The van der Waals surface area contributed by atoms with E-state index in [0.29, 0.717) is 23.3 Å². The van der Waals surface area contributed by atoms with Crippen LogP contribution in [0.5, 0.6) is 0 Å². The average molecular weight is 640 g/mol. The van der Waals surface area contributed by atoms with Crippen LogP contribution < -0.4 is 10.2 Å². The molecule has 1 N–H and O–H groups in total. The molecule has 0 spiro atoms. The molecule has 1 aliphatic heterocycles. The molecule has 1 aromatic heterocycles. The van der Waals surface area contributed by atoms with Gasteiger partial charge in [-0.2, -0.15) is 26.3 Å². The van der Waals surface area contributed by atoms with Gasteiger partial charge >= 0.3 is 18.3 Å². The maximum absolute atomic E-state index is 14.0. The van der Waals surface area contributed by atoms with Crippen LogP contribution in [0.25, 0.3) is 11.1 Å². The number of nitrogens with one attached hydrogen (secondary N) is 1. The van der Waals surface area contributed by atoms with E-state index in [-0.39, 0.29) is 29.6 Å². The van der Waals surface area contributed by atoms with Crippen molar-refractivity contribution >= 4 is 23.5 Å². The van der Waals surface area contributed by atoms with Crippen LogP contribution in [0.3, 0.4) is 0 Å². The Morgan fingerprint density at radius 1 is 0.933 bits per heavy atom. The zero-order valence-electron chi connectivity index (χ0n) is 24.7. The van der Waals surface area contributed by atoms with E-state index in [4.69, 9.17) is 4.74 Å². The normalized spacial score (nSPS) is 17.2. The van der Waals surface area contributed by atoms with Crippen molar-refractivity contribution < 1.29 is 49.9 Å². The van der Waals surface area contributed by atoms with Crippen LogP contribution in [0.1, 0.15) is 47.7 Å². The van der Waals surface area contributed by atoms with E-state index in [9.17, 15) is 45.1 Å². The van der Waals surface area contributed by atoms with Gasteiger partial charge in [-0.15, -0.1) is 0 Å². The maximum Gasteiger partial charge on any atom is 0.416 e. The second-order valence-electron chi connectivity index (χ2n) is 11.2. The van der Waals surface area contributed by atoms with Crippen LogP contribution in [-0.2, 0) is 36.9 Å². The number of nitrogens with zero attached hydrogens (tertiary/aromatic N) is 2. The quantitative estimate of drug-likeness (QED) is 0.198. The van der Waals surface area contributed by atoms with Gasteiger partial charge in [0.2, 0.25) is 11.8 Å². The largest absolute Gasteiger partial charge is 0.468 e. The van der Waals surface area contributed by atoms with Gasteiger partial charge in [-0.25, -0.2) is 4.39 Å². The summed E-state index contributed by atoms with van der Waals surface area (Å²) in [5, 5.41) is 2.58. The first-order valence-corrected chi connectivity index (χ1v) is 13.5. The zero-order valence-corrected chi connectivity index (χ0v) is 24.7. The van der Waals surface area contributed by atoms with Gasteiger partial charge in [-0.3, -0.25) is 19.4 Å². The van der Waals surface area contributed by atoms with Gasteiger partial charge in [-0.1, -0.05) is 6.07 Å². The minimum Gasteiger partial charge on any atom is -0.468 e. The summed E-state index contributed by atoms with van der Waals surface area (Å²) in [5.41, 5.74) is -4.12. The van der Waals surface area contributed by atoms with Crippen molar-refractivity contribution in [1.29, 1.82) is 0 Å². The lowest BCUT2D eigenvalue weighted by atomic mass is 9.81. The Morgan fingerprint density at radius 3 is 2.04 bits per heavy atom. The van der Waals surface area contributed by atoms with E-state index in [1.54, 1.807) is 6.92 Å². The van der Waals surface area contributed by atoms with E-state index in [1.807, 2.05) is 0 Å². The Balaban J connectivity index is 1.85. The van der Waals surface area contributed by atoms with Crippen LogP contribution in [-0.4, -0.2) is 43.5 Å². The molecule has 2 atom stereocenters. The van der Waals surface area contributed by atoms with Gasteiger partial charge < -0.3 is 15.0 Å². The summed E-state index contributed by atoms with van der Waals surface area (Å²) in [5.74, 6) is -4.81. The minimum absolute atomic E-state index is 0.0178. The molecule has 2 amide bonds. The smallest absolute Gasteiger partial charge is 0.416 e. The van der Waals surface area contributed by atoms with Crippen LogP contribution in [0.15, 0.2) is 48.7 Å². The molecule has 2 heterocycles. The first kappa shape index (κ1) is 33.4. The number of methoxy groups -OCH3 is 1. The molecular weight excluding hydrogens is 611 g/mol.